The zero-order valence-electron chi connectivity index (χ0n) is 26.1. The summed E-state index contributed by atoms with van der Waals surface area (Å²) in [4.78, 5) is 37.0. The summed E-state index contributed by atoms with van der Waals surface area (Å²) in [5, 5.41) is 19.9. The van der Waals surface area contributed by atoms with Crippen molar-refractivity contribution in [3.63, 3.8) is 0 Å². The number of carbonyl (C=O) groups excluding carboxylic acids is 2. The predicted octanol–water partition coefficient (Wildman–Crippen LogP) is 4.36. The number of ketones is 1. The third-order valence-electron chi connectivity index (χ3n) is 7.35. The lowest BCUT2D eigenvalue weighted by molar-refractivity contribution is -0.130. The number of benzene rings is 2. The highest BCUT2D eigenvalue weighted by Gasteiger charge is 2.56. The van der Waals surface area contributed by atoms with Crippen LogP contribution >= 0.6 is 11.6 Å². The number of aryl methyl sites for hydroxylation is 1. The number of fused-ring (bicyclic) bond motifs is 1. The minimum atomic E-state index is -3.04. The van der Waals surface area contributed by atoms with Gasteiger partial charge in [-0.25, -0.2) is 9.37 Å². The van der Waals surface area contributed by atoms with E-state index in [1.54, 1.807) is 7.05 Å². The highest BCUT2D eigenvalue weighted by Crippen LogP contribution is 2.52. The van der Waals surface area contributed by atoms with E-state index in [1.807, 2.05) is 6.07 Å². The molecule has 1 aliphatic carbocycles. The maximum atomic E-state index is 16.6. The molecule has 0 radical (unpaired) electrons. The fraction of sp³-hybridized carbons (Fsp3) is 0.258. The van der Waals surface area contributed by atoms with Crippen molar-refractivity contribution in [2.45, 2.75) is 25.1 Å². The monoisotopic (exact) mass is 589 g/mol. The summed E-state index contributed by atoms with van der Waals surface area (Å²) in [6.45, 7) is -6.42. The number of aliphatic hydroxyl groups is 1. The van der Waals surface area contributed by atoms with Crippen molar-refractivity contribution in [3.05, 3.63) is 117 Å². The lowest BCUT2D eigenvalue weighted by Crippen LogP contribution is -2.48. The summed E-state index contributed by atoms with van der Waals surface area (Å²) >= 11 is 6.18. The van der Waals surface area contributed by atoms with Gasteiger partial charge in [0.05, 0.1) is 53.9 Å². The van der Waals surface area contributed by atoms with Gasteiger partial charge in [-0.15, -0.1) is 0 Å². The maximum absolute atomic E-state index is 16.6. The molecule has 0 unspecified atom stereocenters. The van der Waals surface area contributed by atoms with Crippen LogP contribution in [-0.2, 0) is 24.1 Å². The normalized spacial score (nSPS) is 20.6. The second kappa shape index (κ2) is 10.4. The van der Waals surface area contributed by atoms with Crippen LogP contribution in [0.15, 0.2) is 67.3 Å². The van der Waals surface area contributed by atoms with Crippen LogP contribution in [0, 0.1) is 22.6 Å². The molecular weight excluding hydrogens is 561 g/mol. The summed E-state index contributed by atoms with van der Waals surface area (Å²) in [6.07, 6.45) is 3.91. The van der Waals surface area contributed by atoms with E-state index in [1.165, 1.54) is 65.8 Å². The maximum Gasteiger partial charge on any atom is 0.257 e. The first kappa shape index (κ1) is 23.2. The lowest BCUT2D eigenvalue weighted by Gasteiger charge is -2.40. The highest BCUT2D eigenvalue weighted by atomic mass is 35.5. The van der Waals surface area contributed by atoms with Gasteiger partial charge in [-0.3, -0.25) is 19.5 Å². The third kappa shape index (κ3) is 4.65. The second-order valence-electron chi connectivity index (χ2n) is 10.2. The van der Waals surface area contributed by atoms with Crippen LogP contribution in [0.4, 0.5) is 4.39 Å². The van der Waals surface area contributed by atoms with Crippen molar-refractivity contribution in [1.29, 1.82) is 5.26 Å². The molecule has 2 aromatic heterocycles. The smallest absolute Gasteiger partial charge is 0.257 e. The number of halogens is 2. The molecule has 2 aliphatic rings. The molecule has 0 saturated heterocycles. The molecule has 1 N–H and O–H groups in total. The number of amides is 1. The Balaban J connectivity index is 1.60. The zero-order valence-corrected chi connectivity index (χ0v) is 22.9. The van der Waals surface area contributed by atoms with Crippen LogP contribution in [-0.4, -0.2) is 49.3 Å². The number of ether oxygens (including phenoxy) is 1. The second-order valence-corrected chi connectivity index (χ2v) is 10.7. The molecule has 4 aromatic rings. The quantitative estimate of drug-likeness (QED) is 0.288. The molecule has 212 valence electrons. The van der Waals surface area contributed by atoms with E-state index < -0.39 is 47.3 Å². The van der Waals surface area contributed by atoms with Gasteiger partial charge in [-0.2, -0.15) is 5.26 Å². The Morgan fingerprint density at radius 1 is 1.24 bits per heavy atom. The van der Waals surface area contributed by atoms with Crippen molar-refractivity contribution in [1.82, 2.24) is 19.4 Å². The molecule has 2 aromatic carbocycles. The molecule has 6 rings (SSSR count). The van der Waals surface area contributed by atoms with Gasteiger partial charge in [0.25, 0.3) is 5.91 Å². The van der Waals surface area contributed by atoms with Crippen LogP contribution in [0.1, 0.15) is 67.1 Å². The van der Waals surface area contributed by atoms with E-state index >= 15 is 4.39 Å². The molecule has 1 amide bonds. The lowest BCUT2D eigenvalue weighted by atomic mass is 9.90. The topological polar surface area (TPSA) is 121 Å². The molecule has 3 heterocycles. The zero-order chi connectivity index (χ0) is 33.2. The Hall–Kier alpha value is -4.43. The van der Waals surface area contributed by atoms with Crippen LogP contribution in [0.2, 0.25) is 5.02 Å². The molecule has 11 heteroatoms. The Bertz CT molecular complexity index is 1920. The summed E-state index contributed by atoms with van der Waals surface area (Å²) < 4.78 is 58.4. The SMILES string of the molecule is [2H]C([2H])(O)C1(C([2H])([2H])O[C@]2(c3ccc(Cl)cc3)c3c(F)cc(C(=O)c4cn(C)cn4)cc3C(=O)N2Cc2ccc(C#N)cn2)CC1. The molecule has 1 saturated carbocycles. The number of nitriles is 1. The fourth-order valence-corrected chi connectivity index (χ4v) is 5.08. The van der Waals surface area contributed by atoms with Gasteiger partial charge >= 0.3 is 0 Å². The molecule has 42 heavy (non-hydrogen) atoms. The summed E-state index contributed by atoms with van der Waals surface area (Å²) in [6, 6.07) is 12.7. The number of rotatable bonds is 9. The largest absolute Gasteiger partial charge is 0.396 e. The molecule has 1 fully saturated rings. The predicted molar refractivity (Wildman–Crippen MR) is 149 cm³/mol. The van der Waals surface area contributed by atoms with E-state index in [-0.39, 0.29) is 58.1 Å². The van der Waals surface area contributed by atoms with E-state index in [0.29, 0.717) is 0 Å². The molecule has 0 bridgehead atoms. The van der Waals surface area contributed by atoms with E-state index in [4.69, 9.17) is 21.8 Å². The van der Waals surface area contributed by atoms with Crippen molar-refractivity contribution < 1.29 is 29.3 Å². The first-order valence-electron chi connectivity index (χ1n) is 14.9. The number of aromatic nitrogens is 3. The number of hydrogen-bond acceptors (Lipinski definition) is 7. The van der Waals surface area contributed by atoms with Crippen LogP contribution < -0.4 is 0 Å². The third-order valence-corrected chi connectivity index (χ3v) is 7.60. The highest BCUT2D eigenvalue weighted by molar-refractivity contribution is 6.30. The van der Waals surface area contributed by atoms with E-state index in [2.05, 4.69) is 9.97 Å². The number of pyridine rings is 1. The van der Waals surface area contributed by atoms with Gasteiger partial charge in [-0.05, 0) is 49.2 Å². The van der Waals surface area contributed by atoms with Gasteiger partial charge < -0.3 is 14.4 Å². The van der Waals surface area contributed by atoms with Gasteiger partial charge in [-0.1, -0.05) is 23.7 Å². The van der Waals surface area contributed by atoms with Crippen molar-refractivity contribution in [3.8, 4) is 6.07 Å². The number of nitrogens with zero attached hydrogens (tertiary/aromatic N) is 5. The minimum absolute atomic E-state index is 0.00309. The van der Waals surface area contributed by atoms with Gasteiger partial charge in [0.2, 0.25) is 5.78 Å². The van der Waals surface area contributed by atoms with E-state index in [9.17, 15) is 20.0 Å². The summed E-state index contributed by atoms with van der Waals surface area (Å²) in [5.41, 5.74) is -4.86. The first-order valence-corrected chi connectivity index (χ1v) is 13.2. The Morgan fingerprint density at radius 2 is 2.00 bits per heavy atom. The average molecular weight is 590 g/mol. The Labute approximate surface area is 251 Å². The standard InChI is InChI=1S/C31H25ClFN5O4/c1-37-15-26(36-18-37)28(40)20-10-24-27(25(33)11-20)31(21-3-5-22(32)6-4-21,42-17-30(16-39)8-9-30)38(29(24)41)14-23-7-2-19(12-34)13-35-23/h2-7,10-11,13,15,18,39H,8-9,14,16-17H2,1H3/t31-/m1/s1/i16D2,17D2. The summed E-state index contributed by atoms with van der Waals surface area (Å²) in [7, 11) is 1.65. The van der Waals surface area contributed by atoms with Gasteiger partial charge in [0.1, 0.15) is 17.6 Å². The Morgan fingerprint density at radius 3 is 2.60 bits per heavy atom. The van der Waals surface area contributed by atoms with Crippen LogP contribution in [0.25, 0.3) is 0 Å². The van der Waals surface area contributed by atoms with Gasteiger partial charge in [0.15, 0.2) is 5.72 Å². The molecule has 0 spiro atoms. The van der Waals surface area contributed by atoms with Crippen molar-refractivity contribution in [2.75, 3.05) is 13.1 Å². The van der Waals surface area contributed by atoms with Crippen LogP contribution in [0.3, 0.4) is 0 Å². The van der Waals surface area contributed by atoms with Crippen molar-refractivity contribution in [2.24, 2.45) is 12.5 Å². The fourth-order valence-electron chi connectivity index (χ4n) is 4.96. The minimum Gasteiger partial charge on any atom is -0.396 e. The molecule has 1 atom stereocenters. The Kier molecular flexibility index (Phi) is 5.76. The van der Waals surface area contributed by atoms with Crippen molar-refractivity contribution >= 4 is 23.3 Å². The summed E-state index contributed by atoms with van der Waals surface area (Å²) in [5.74, 6) is -2.59. The molecule has 1 aliphatic heterocycles. The average Bonchev–Trinajstić information content (AvgIpc) is 3.70. The van der Waals surface area contributed by atoms with E-state index in [0.717, 1.165) is 11.0 Å². The first-order chi connectivity index (χ1) is 21.6. The van der Waals surface area contributed by atoms with Crippen LogP contribution in [0.5, 0.6) is 0 Å². The molecule has 9 nitrogen and oxygen atoms in total. The number of hydrogen-bond donors (Lipinski definition) is 1. The van der Waals surface area contributed by atoms with Gasteiger partial charge in [0, 0.05) is 41.0 Å². The molecular formula is C31H25ClFN5O4. The number of imidazole rings is 1. The number of carbonyl (C=O) groups is 2.